The number of nitrogens with one attached hydrogen (secondary N) is 1. The Bertz CT molecular complexity index is 487. The van der Waals surface area contributed by atoms with Gasteiger partial charge in [0.2, 0.25) is 0 Å². The van der Waals surface area contributed by atoms with Gasteiger partial charge in [-0.3, -0.25) is 4.90 Å². The maximum Gasteiger partial charge on any atom is 0.137 e. The molecule has 0 saturated carbocycles. The molecule has 0 bridgehead atoms. The number of rotatable bonds is 2. The molecule has 2 aliphatic heterocycles. The maximum absolute atomic E-state index is 4.72. The van der Waals surface area contributed by atoms with E-state index in [4.69, 9.17) is 4.98 Å². The van der Waals surface area contributed by atoms with Gasteiger partial charge in [0.15, 0.2) is 0 Å². The Morgan fingerprint density at radius 2 is 1.90 bits per heavy atom. The second-order valence-corrected chi connectivity index (χ2v) is 5.95. The number of nitrogens with zero attached hydrogens (tertiary/aromatic N) is 4. The van der Waals surface area contributed by atoms with Gasteiger partial charge in [0.1, 0.15) is 17.5 Å². The van der Waals surface area contributed by atoms with Crippen LogP contribution in [-0.4, -0.2) is 54.1 Å². The highest BCUT2D eigenvalue weighted by atomic mass is 15.3. The third-order valence-corrected chi connectivity index (χ3v) is 4.57. The number of fused-ring (bicyclic) bond motifs is 1. The first-order chi connectivity index (χ1) is 9.69. The summed E-state index contributed by atoms with van der Waals surface area (Å²) in [7, 11) is 1.93. The smallest absolute Gasteiger partial charge is 0.137 e. The topological polar surface area (TPSA) is 44.3 Å². The fourth-order valence-electron chi connectivity index (χ4n) is 3.56. The molecule has 1 aromatic heterocycles. The minimum atomic E-state index is 0.713. The van der Waals surface area contributed by atoms with Gasteiger partial charge in [-0.1, -0.05) is 0 Å². The van der Waals surface area contributed by atoms with E-state index in [-0.39, 0.29) is 0 Å². The summed E-state index contributed by atoms with van der Waals surface area (Å²) < 4.78 is 0. The number of hydrogen-bond acceptors (Lipinski definition) is 5. The molecule has 0 radical (unpaired) electrons. The summed E-state index contributed by atoms with van der Waals surface area (Å²) in [4.78, 5) is 14.3. The summed E-state index contributed by atoms with van der Waals surface area (Å²) in [6.45, 7) is 8.83. The lowest BCUT2D eigenvalue weighted by Gasteiger charge is -2.28. The Hall–Kier alpha value is -1.36. The van der Waals surface area contributed by atoms with Gasteiger partial charge in [-0.15, -0.1) is 0 Å². The molecular weight excluding hydrogens is 250 g/mol. The van der Waals surface area contributed by atoms with Crippen LogP contribution in [0.25, 0.3) is 0 Å². The first-order valence-corrected chi connectivity index (χ1v) is 7.71. The van der Waals surface area contributed by atoms with Gasteiger partial charge >= 0.3 is 0 Å². The van der Waals surface area contributed by atoms with Crippen LogP contribution in [0, 0.1) is 13.8 Å². The lowest BCUT2D eigenvalue weighted by atomic mass is 10.2. The number of aryl methyl sites for hydroxylation is 1. The number of hydrogen-bond donors (Lipinski definition) is 1. The SMILES string of the molecule is CNc1nc(C)nc(N2CCCN3CCCC3C2)c1C. The minimum absolute atomic E-state index is 0.713. The molecule has 2 aliphatic rings. The molecular formula is C15H25N5. The molecule has 1 aromatic rings. The van der Waals surface area contributed by atoms with Crippen molar-refractivity contribution in [3.05, 3.63) is 11.4 Å². The van der Waals surface area contributed by atoms with Gasteiger partial charge in [0.25, 0.3) is 0 Å². The zero-order valence-electron chi connectivity index (χ0n) is 12.8. The summed E-state index contributed by atoms with van der Waals surface area (Å²) in [5, 5.41) is 3.19. The predicted molar refractivity (Wildman–Crippen MR) is 82.5 cm³/mol. The molecule has 20 heavy (non-hydrogen) atoms. The van der Waals surface area contributed by atoms with Crippen molar-refractivity contribution in [3.8, 4) is 0 Å². The summed E-state index contributed by atoms with van der Waals surface area (Å²) >= 11 is 0. The Kier molecular flexibility index (Phi) is 3.78. The van der Waals surface area contributed by atoms with Crippen molar-refractivity contribution in [2.45, 2.75) is 39.2 Å². The predicted octanol–water partition coefficient (Wildman–Crippen LogP) is 1.81. The van der Waals surface area contributed by atoms with Crippen LogP contribution in [0.1, 0.15) is 30.7 Å². The standard InChI is InChI=1S/C15H25N5/c1-11-14(16-3)17-12(2)18-15(11)20-9-5-8-19-7-4-6-13(19)10-20/h13H,4-10H2,1-3H3,(H,16,17,18). The second kappa shape index (κ2) is 5.56. The van der Waals surface area contributed by atoms with Crippen LogP contribution in [0.15, 0.2) is 0 Å². The second-order valence-electron chi connectivity index (χ2n) is 5.95. The zero-order chi connectivity index (χ0) is 14.1. The fourth-order valence-corrected chi connectivity index (χ4v) is 3.56. The van der Waals surface area contributed by atoms with Crippen LogP contribution in [0.3, 0.4) is 0 Å². The highest BCUT2D eigenvalue weighted by Gasteiger charge is 2.30. The minimum Gasteiger partial charge on any atom is -0.373 e. The van der Waals surface area contributed by atoms with Gasteiger partial charge in [-0.25, -0.2) is 9.97 Å². The van der Waals surface area contributed by atoms with Crippen molar-refractivity contribution in [3.63, 3.8) is 0 Å². The Balaban J connectivity index is 1.89. The van der Waals surface area contributed by atoms with Crippen molar-refractivity contribution in [1.82, 2.24) is 14.9 Å². The molecule has 2 saturated heterocycles. The van der Waals surface area contributed by atoms with E-state index in [1.165, 1.54) is 37.9 Å². The highest BCUT2D eigenvalue weighted by molar-refractivity contribution is 5.58. The van der Waals surface area contributed by atoms with Gasteiger partial charge in [0.05, 0.1) is 0 Å². The van der Waals surface area contributed by atoms with Crippen molar-refractivity contribution in [1.29, 1.82) is 0 Å². The first kappa shape index (κ1) is 13.6. The van der Waals surface area contributed by atoms with E-state index in [1.54, 1.807) is 0 Å². The normalized spacial score (nSPS) is 23.6. The molecule has 2 fully saturated rings. The Labute approximate surface area is 121 Å². The first-order valence-electron chi connectivity index (χ1n) is 7.71. The Morgan fingerprint density at radius 1 is 1.10 bits per heavy atom. The van der Waals surface area contributed by atoms with Crippen LogP contribution in [0.2, 0.25) is 0 Å². The molecule has 0 spiro atoms. The van der Waals surface area contributed by atoms with E-state index < -0.39 is 0 Å². The van der Waals surface area contributed by atoms with E-state index >= 15 is 0 Å². The van der Waals surface area contributed by atoms with E-state index in [0.29, 0.717) is 6.04 Å². The van der Waals surface area contributed by atoms with Crippen molar-refractivity contribution in [2.24, 2.45) is 0 Å². The maximum atomic E-state index is 4.72. The molecule has 5 nitrogen and oxygen atoms in total. The van der Waals surface area contributed by atoms with Gasteiger partial charge in [-0.05, 0) is 39.7 Å². The van der Waals surface area contributed by atoms with Crippen LogP contribution in [0.5, 0.6) is 0 Å². The van der Waals surface area contributed by atoms with Crippen molar-refractivity contribution >= 4 is 11.6 Å². The quantitative estimate of drug-likeness (QED) is 0.892. The molecule has 0 aromatic carbocycles. The largest absolute Gasteiger partial charge is 0.373 e. The van der Waals surface area contributed by atoms with Crippen molar-refractivity contribution in [2.75, 3.05) is 43.4 Å². The van der Waals surface area contributed by atoms with Crippen LogP contribution in [-0.2, 0) is 0 Å². The molecule has 1 unspecified atom stereocenters. The average Bonchev–Trinajstić information content (AvgIpc) is 2.78. The van der Waals surface area contributed by atoms with Crippen LogP contribution >= 0.6 is 0 Å². The number of aromatic nitrogens is 2. The Morgan fingerprint density at radius 3 is 2.70 bits per heavy atom. The summed E-state index contributed by atoms with van der Waals surface area (Å²) in [6, 6.07) is 0.713. The van der Waals surface area contributed by atoms with Crippen LogP contribution < -0.4 is 10.2 Å². The summed E-state index contributed by atoms with van der Waals surface area (Å²) in [6.07, 6.45) is 3.91. The highest BCUT2D eigenvalue weighted by Crippen LogP contribution is 2.28. The summed E-state index contributed by atoms with van der Waals surface area (Å²) in [5.41, 5.74) is 1.17. The average molecular weight is 275 g/mol. The molecule has 1 atom stereocenters. The third-order valence-electron chi connectivity index (χ3n) is 4.57. The molecule has 5 heteroatoms. The molecule has 3 rings (SSSR count). The lowest BCUT2D eigenvalue weighted by Crippen LogP contribution is -2.37. The molecule has 3 heterocycles. The molecule has 110 valence electrons. The van der Waals surface area contributed by atoms with Gasteiger partial charge in [0, 0.05) is 38.3 Å². The van der Waals surface area contributed by atoms with E-state index in [2.05, 4.69) is 27.0 Å². The lowest BCUT2D eigenvalue weighted by molar-refractivity contribution is 0.273. The van der Waals surface area contributed by atoms with Crippen LogP contribution in [0.4, 0.5) is 11.6 Å². The monoisotopic (exact) mass is 275 g/mol. The molecule has 0 amide bonds. The van der Waals surface area contributed by atoms with E-state index in [9.17, 15) is 0 Å². The third kappa shape index (κ3) is 2.46. The van der Waals surface area contributed by atoms with E-state index in [0.717, 1.165) is 30.5 Å². The van der Waals surface area contributed by atoms with Crippen molar-refractivity contribution < 1.29 is 0 Å². The zero-order valence-corrected chi connectivity index (χ0v) is 12.8. The van der Waals surface area contributed by atoms with Gasteiger partial charge < -0.3 is 10.2 Å². The van der Waals surface area contributed by atoms with Gasteiger partial charge in [-0.2, -0.15) is 0 Å². The van der Waals surface area contributed by atoms with E-state index in [1.807, 2.05) is 14.0 Å². The summed E-state index contributed by atoms with van der Waals surface area (Å²) in [5.74, 6) is 2.93. The number of anilines is 2. The molecule has 1 N–H and O–H groups in total. The molecule has 0 aliphatic carbocycles. The fraction of sp³-hybridized carbons (Fsp3) is 0.733.